The van der Waals surface area contributed by atoms with Crippen molar-refractivity contribution < 1.29 is 8.78 Å². The van der Waals surface area contributed by atoms with E-state index in [2.05, 4.69) is 11.1 Å². The van der Waals surface area contributed by atoms with Crippen molar-refractivity contribution in [1.82, 2.24) is 9.80 Å². The molecule has 2 heterocycles. The molecule has 0 amide bonds. The van der Waals surface area contributed by atoms with Gasteiger partial charge in [0, 0.05) is 52.3 Å². The zero-order valence-electron chi connectivity index (χ0n) is 12.1. The van der Waals surface area contributed by atoms with Gasteiger partial charge in [0.25, 0.3) is 5.92 Å². The molecular weight excluding hydrogens is 262 g/mol. The Kier molecular flexibility index (Phi) is 5.10. The summed E-state index contributed by atoms with van der Waals surface area (Å²) in [6, 6.07) is -0.0705. The number of piperidine rings is 1. The summed E-state index contributed by atoms with van der Waals surface area (Å²) in [7, 11) is 1.95. The molecule has 1 saturated heterocycles. The normalized spacial score (nSPS) is 27.4. The fourth-order valence-electron chi connectivity index (χ4n) is 2.74. The Hall–Kier alpha value is -1.01. The van der Waals surface area contributed by atoms with E-state index < -0.39 is 5.92 Å². The molecule has 0 aliphatic carbocycles. The standard InChI is InChI=1S/C14H24F2N4/c1-19-8-4-2-3-7-18-13(19)12(11-17)20-9-5-14(15,16)6-10-20/h4,8,12H,2-3,5-7,9-11,17H2,1H3/b8-4-,18-13?. The SMILES string of the molecule is CN1/C=C\CCCN=C1C(CN)N1CCC(F)(F)CC1. The molecule has 0 bridgehead atoms. The van der Waals surface area contributed by atoms with Crippen LogP contribution in [0.5, 0.6) is 0 Å². The number of amidine groups is 1. The number of nitrogens with zero attached hydrogens (tertiary/aromatic N) is 3. The summed E-state index contributed by atoms with van der Waals surface area (Å²) in [5.74, 6) is -1.63. The lowest BCUT2D eigenvalue weighted by atomic mass is 10.0. The zero-order chi connectivity index (χ0) is 14.6. The monoisotopic (exact) mass is 286 g/mol. The van der Waals surface area contributed by atoms with E-state index in [1.807, 2.05) is 23.0 Å². The van der Waals surface area contributed by atoms with Gasteiger partial charge in [-0.1, -0.05) is 6.08 Å². The third-order valence-electron chi connectivity index (χ3n) is 3.98. The Morgan fingerprint density at radius 1 is 1.40 bits per heavy atom. The molecule has 2 aliphatic rings. The topological polar surface area (TPSA) is 44.9 Å². The van der Waals surface area contributed by atoms with Crippen molar-refractivity contribution in [3.8, 4) is 0 Å². The van der Waals surface area contributed by atoms with E-state index in [-0.39, 0.29) is 18.9 Å². The van der Waals surface area contributed by atoms with Crippen LogP contribution in [-0.2, 0) is 0 Å². The second kappa shape index (κ2) is 6.63. The number of rotatable bonds is 3. The Balaban J connectivity index is 2.08. The first-order chi connectivity index (χ1) is 9.53. The Morgan fingerprint density at radius 3 is 2.75 bits per heavy atom. The average Bonchev–Trinajstić information content (AvgIpc) is 2.39. The number of nitrogens with two attached hydrogens (primary N) is 1. The zero-order valence-corrected chi connectivity index (χ0v) is 12.1. The van der Waals surface area contributed by atoms with Gasteiger partial charge in [0.2, 0.25) is 0 Å². The first-order valence-corrected chi connectivity index (χ1v) is 7.29. The van der Waals surface area contributed by atoms with Crippen molar-refractivity contribution in [3.05, 3.63) is 12.3 Å². The fraction of sp³-hybridized carbons (Fsp3) is 0.786. The highest BCUT2D eigenvalue weighted by atomic mass is 19.3. The minimum absolute atomic E-state index is 0.0705. The Morgan fingerprint density at radius 2 is 2.10 bits per heavy atom. The number of halogens is 2. The molecule has 20 heavy (non-hydrogen) atoms. The summed E-state index contributed by atoms with van der Waals surface area (Å²) < 4.78 is 26.5. The molecule has 0 saturated carbocycles. The summed E-state index contributed by atoms with van der Waals surface area (Å²) >= 11 is 0. The molecule has 2 aliphatic heterocycles. The first kappa shape index (κ1) is 15.4. The molecule has 4 nitrogen and oxygen atoms in total. The highest BCUT2D eigenvalue weighted by Gasteiger charge is 2.37. The van der Waals surface area contributed by atoms with Gasteiger partial charge in [-0.25, -0.2) is 8.78 Å². The molecule has 0 aromatic rings. The van der Waals surface area contributed by atoms with Crippen LogP contribution >= 0.6 is 0 Å². The minimum atomic E-state index is -2.52. The predicted molar refractivity (Wildman–Crippen MR) is 77.0 cm³/mol. The van der Waals surface area contributed by atoms with Crippen molar-refractivity contribution in [2.75, 3.05) is 33.2 Å². The second-order valence-electron chi connectivity index (χ2n) is 5.52. The van der Waals surface area contributed by atoms with E-state index in [1.54, 1.807) is 0 Å². The second-order valence-corrected chi connectivity index (χ2v) is 5.52. The lowest BCUT2D eigenvalue weighted by molar-refractivity contribution is -0.0583. The number of hydrogen-bond donors (Lipinski definition) is 1. The molecule has 0 aromatic carbocycles. The van der Waals surface area contributed by atoms with Crippen molar-refractivity contribution in [3.63, 3.8) is 0 Å². The molecule has 0 aromatic heterocycles. The third kappa shape index (κ3) is 3.76. The van der Waals surface area contributed by atoms with Crippen molar-refractivity contribution in [2.45, 2.75) is 37.6 Å². The van der Waals surface area contributed by atoms with Crippen molar-refractivity contribution in [1.29, 1.82) is 0 Å². The molecule has 0 radical (unpaired) electrons. The van der Waals surface area contributed by atoms with Gasteiger partial charge in [-0.3, -0.25) is 9.89 Å². The maximum atomic E-state index is 13.3. The van der Waals surface area contributed by atoms with Crippen LogP contribution in [-0.4, -0.2) is 60.8 Å². The average molecular weight is 286 g/mol. The van der Waals surface area contributed by atoms with Crippen LogP contribution in [0.15, 0.2) is 17.3 Å². The minimum Gasteiger partial charge on any atom is -0.339 e. The molecule has 114 valence electrons. The number of hydrogen-bond acceptors (Lipinski definition) is 4. The van der Waals surface area contributed by atoms with E-state index in [0.29, 0.717) is 19.6 Å². The number of aliphatic imine (C=N–C) groups is 1. The lowest BCUT2D eigenvalue weighted by Gasteiger charge is -2.39. The predicted octanol–water partition coefficient (Wildman–Crippen LogP) is 1.68. The lowest BCUT2D eigenvalue weighted by Crippen LogP contribution is -2.54. The van der Waals surface area contributed by atoms with Crippen LogP contribution in [0.1, 0.15) is 25.7 Å². The van der Waals surface area contributed by atoms with Crippen LogP contribution in [0.2, 0.25) is 0 Å². The molecule has 0 spiro atoms. The van der Waals surface area contributed by atoms with E-state index in [0.717, 1.165) is 25.2 Å². The summed E-state index contributed by atoms with van der Waals surface area (Å²) in [6.07, 6.45) is 5.98. The molecule has 1 atom stereocenters. The van der Waals surface area contributed by atoms with Gasteiger partial charge >= 0.3 is 0 Å². The van der Waals surface area contributed by atoms with Crippen LogP contribution in [0.25, 0.3) is 0 Å². The van der Waals surface area contributed by atoms with E-state index in [4.69, 9.17) is 5.73 Å². The summed E-state index contributed by atoms with van der Waals surface area (Å²) in [5.41, 5.74) is 5.89. The van der Waals surface area contributed by atoms with Gasteiger partial charge in [0.05, 0.1) is 6.04 Å². The summed E-state index contributed by atoms with van der Waals surface area (Å²) in [6.45, 7) is 1.93. The molecule has 6 heteroatoms. The number of alkyl halides is 2. The fourth-order valence-corrected chi connectivity index (χ4v) is 2.74. The third-order valence-corrected chi connectivity index (χ3v) is 3.98. The van der Waals surface area contributed by atoms with Crippen molar-refractivity contribution in [2.24, 2.45) is 10.7 Å². The van der Waals surface area contributed by atoms with E-state index in [1.165, 1.54) is 0 Å². The summed E-state index contributed by atoms with van der Waals surface area (Å²) in [4.78, 5) is 8.65. The van der Waals surface area contributed by atoms with Gasteiger partial charge < -0.3 is 10.6 Å². The smallest absolute Gasteiger partial charge is 0.250 e. The molecule has 2 N–H and O–H groups in total. The van der Waals surface area contributed by atoms with Crippen LogP contribution in [0, 0.1) is 0 Å². The van der Waals surface area contributed by atoms with E-state index in [9.17, 15) is 8.78 Å². The maximum Gasteiger partial charge on any atom is 0.250 e. The number of allylic oxidation sites excluding steroid dienone is 1. The van der Waals surface area contributed by atoms with Crippen LogP contribution < -0.4 is 5.73 Å². The largest absolute Gasteiger partial charge is 0.339 e. The summed E-state index contributed by atoms with van der Waals surface area (Å²) in [5, 5.41) is 0. The van der Waals surface area contributed by atoms with Gasteiger partial charge in [0.15, 0.2) is 0 Å². The van der Waals surface area contributed by atoms with Gasteiger partial charge in [-0.05, 0) is 12.8 Å². The first-order valence-electron chi connectivity index (χ1n) is 7.29. The number of likely N-dealkylation sites (N-methyl/N-ethyl adjacent to an activating group) is 1. The van der Waals surface area contributed by atoms with Gasteiger partial charge in [-0.15, -0.1) is 0 Å². The van der Waals surface area contributed by atoms with E-state index >= 15 is 0 Å². The molecule has 1 fully saturated rings. The Bertz CT molecular complexity index is 371. The highest BCUT2D eigenvalue weighted by molar-refractivity contribution is 5.88. The van der Waals surface area contributed by atoms with Gasteiger partial charge in [-0.2, -0.15) is 0 Å². The molecule has 2 rings (SSSR count). The van der Waals surface area contributed by atoms with Crippen LogP contribution in [0.4, 0.5) is 8.78 Å². The molecular formula is C14H24F2N4. The van der Waals surface area contributed by atoms with Crippen LogP contribution in [0.3, 0.4) is 0 Å². The maximum absolute atomic E-state index is 13.3. The highest BCUT2D eigenvalue weighted by Crippen LogP contribution is 2.28. The van der Waals surface area contributed by atoms with Crippen molar-refractivity contribution >= 4 is 5.84 Å². The molecule has 1 unspecified atom stereocenters. The number of likely N-dealkylation sites (tertiary alicyclic amines) is 1. The Labute approximate surface area is 119 Å². The van der Waals surface area contributed by atoms with Gasteiger partial charge in [0.1, 0.15) is 5.84 Å². The quantitative estimate of drug-likeness (QED) is 0.858.